The number of rotatable bonds is 3. The van der Waals surface area contributed by atoms with Crippen molar-refractivity contribution in [3.05, 3.63) is 16.1 Å². The lowest BCUT2D eigenvalue weighted by Gasteiger charge is -2.19. The van der Waals surface area contributed by atoms with Crippen LogP contribution in [0.25, 0.3) is 0 Å². The average Bonchev–Trinajstić information content (AvgIpc) is 2.83. The van der Waals surface area contributed by atoms with Crippen LogP contribution in [0.4, 0.5) is 0 Å². The van der Waals surface area contributed by atoms with Crippen molar-refractivity contribution >= 4 is 11.3 Å². The molecule has 72 valence electrons. The van der Waals surface area contributed by atoms with Gasteiger partial charge < -0.3 is 5.73 Å². The van der Waals surface area contributed by atoms with Crippen molar-refractivity contribution in [1.29, 1.82) is 0 Å². The molecular weight excluding hydrogens is 180 g/mol. The topological polar surface area (TPSA) is 38.9 Å². The van der Waals surface area contributed by atoms with E-state index in [1.54, 1.807) is 11.3 Å². The maximum absolute atomic E-state index is 5.70. The molecule has 2 nitrogen and oxygen atoms in total. The Morgan fingerprint density at radius 1 is 1.62 bits per heavy atom. The van der Waals surface area contributed by atoms with E-state index in [0.29, 0.717) is 6.54 Å². The summed E-state index contributed by atoms with van der Waals surface area (Å²) in [5.74, 6) is 0.771. The minimum absolute atomic E-state index is 0.0453. The molecule has 0 unspecified atom stereocenters. The van der Waals surface area contributed by atoms with E-state index in [9.17, 15) is 0 Å². The van der Waals surface area contributed by atoms with E-state index < -0.39 is 0 Å². The largest absolute Gasteiger partial charge is 0.330 e. The molecule has 0 spiro atoms. The molecule has 1 aliphatic rings. The van der Waals surface area contributed by atoms with Gasteiger partial charge in [0.25, 0.3) is 0 Å². The molecule has 2 N–H and O–H groups in total. The Bertz CT molecular complexity index is 300. The summed E-state index contributed by atoms with van der Waals surface area (Å²) in [4.78, 5) is 4.65. The Hall–Kier alpha value is -0.410. The van der Waals surface area contributed by atoms with Crippen molar-refractivity contribution < 1.29 is 0 Å². The fourth-order valence-electron chi connectivity index (χ4n) is 1.22. The first-order valence-corrected chi connectivity index (χ1v) is 5.67. The third-order valence-electron chi connectivity index (χ3n) is 2.65. The molecule has 2 rings (SSSR count). The first kappa shape index (κ1) is 9.16. The highest BCUT2D eigenvalue weighted by molar-refractivity contribution is 7.09. The van der Waals surface area contributed by atoms with Crippen LogP contribution in [0.15, 0.2) is 5.38 Å². The van der Waals surface area contributed by atoms with Gasteiger partial charge in [-0.05, 0) is 12.8 Å². The van der Waals surface area contributed by atoms with Crippen LogP contribution in [0.5, 0.6) is 0 Å². The highest BCUT2D eigenvalue weighted by Gasteiger charge is 2.29. The van der Waals surface area contributed by atoms with E-state index in [1.807, 2.05) is 0 Å². The Morgan fingerprint density at radius 3 is 2.85 bits per heavy atom. The van der Waals surface area contributed by atoms with Crippen molar-refractivity contribution in [2.45, 2.75) is 38.0 Å². The quantitative estimate of drug-likeness (QED) is 0.805. The molecule has 1 heterocycles. The highest BCUT2D eigenvalue weighted by Crippen LogP contribution is 2.42. The number of thiazole rings is 1. The van der Waals surface area contributed by atoms with E-state index in [2.05, 4.69) is 24.2 Å². The van der Waals surface area contributed by atoms with Crippen LogP contribution in [-0.4, -0.2) is 11.5 Å². The van der Waals surface area contributed by atoms with Crippen LogP contribution in [-0.2, 0) is 5.41 Å². The summed E-state index contributed by atoms with van der Waals surface area (Å²) < 4.78 is 0. The van der Waals surface area contributed by atoms with E-state index >= 15 is 0 Å². The molecule has 0 aromatic carbocycles. The Kier molecular flexibility index (Phi) is 2.16. The molecule has 0 aliphatic heterocycles. The zero-order valence-electron chi connectivity index (χ0n) is 8.21. The van der Waals surface area contributed by atoms with Crippen molar-refractivity contribution in [2.75, 3.05) is 6.54 Å². The first-order chi connectivity index (χ1) is 6.13. The molecule has 1 aromatic heterocycles. The molecule has 0 saturated heterocycles. The zero-order chi connectivity index (χ0) is 9.47. The van der Waals surface area contributed by atoms with E-state index in [-0.39, 0.29) is 5.41 Å². The van der Waals surface area contributed by atoms with Gasteiger partial charge in [0, 0.05) is 23.3 Å². The third kappa shape index (κ3) is 1.76. The predicted molar refractivity (Wildman–Crippen MR) is 56.2 cm³/mol. The monoisotopic (exact) mass is 196 g/mol. The van der Waals surface area contributed by atoms with Gasteiger partial charge in [-0.2, -0.15) is 0 Å². The normalized spacial score (nSPS) is 17.8. The lowest BCUT2D eigenvalue weighted by Crippen LogP contribution is -2.28. The molecule has 1 aromatic rings. The van der Waals surface area contributed by atoms with Crippen LogP contribution >= 0.6 is 11.3 Å². The molecule has 1 aliphatic carbocycles. The lowest BCUT2D eigenvalue weighted by molar-refractivity contribution is 0.523. The van der Waals surface area contributed by atoms with Gasteiger partial charge in [-0.15, -0.1) is 11.3 Å². The standard InChI is InChI=1S/C10H16N2S/c1-10(2,6-11)8-5-13-9(12-8)7-3-4-7/h5,7H,3-4,6,11H2,1-2H3. The van der Waals surface area contributed by atoms with Gasteiger partial charge in [-0.3, -0.25) is 0 Å². The molecular formula is C10H16N2S. The summed E-state index contributed by atoms with van der Waals surface area (Å²) in [6.07, 6.45) is 2.66. The molecule has 0 atom stereocenters. The van der Waals surface area contributed by atoms with Gasteiger partial charge in [-0.25, -0.2) is 4.98 Å². The molecule has 1 fully saturated rings. The minimum Gasteiger partial charge on any atom is -0.330 e. The fraction of sp³-hybridized carbons (Fsp3) is 0.700. The minimum atomic E-state index is 0.0453. The maximum Gasteiger partial charge on any atom is 0.0959 e. The van der Waals surface area contributed by atoms with E-state index in [0.717, 1.165) is 5.92 Å². The van der Waals surface area contributed by atoms with Gasteiger partial charge in [0.1, 0.15) is 0 Å². The van der Waals surface area contributed by atoms with E-state index in [1.165, 1.54) is 23.5 Å². The smallest absolute Gasteiger partial charge is 0.0959 e. The van der Waals surface area contributed by atoms with E-state index in [4.69, 9.17) is 5.73 Å². The van der Waals surface area contributed by atoms with Crippen LogP contribution < -0.4 is 5.73 Å². The maximum atomic E-state index is 5.70. The fourth-order valence-corrected chi connectivity index (χ4v) is 2.40. The van der Waals surface area contributed by atoms with Crippen LogP contribution in [0.1, 0.15) is 43.3 Å². The summed E-state index contributed by atoms with van der Waals surface area (Å²) in [5.41, 5.74) is 6.92. The second-order valence-electron chi connectivity index (χ2n) is 4.43. The third-order valence-corrected chi connectivity index (χ3v) is 3.66. The summed E-state index contributed by atoms with van der Waals surface area (Å²) in [5, 5.41) is 3.48. The van der Waals surface area contributed by atoms with Gasteiger partial charge in [-0.1, -0.05) is 13.8 Å². The first-order valence-electron chi connectivity index (χ1n) is 4.79. The summed E-state index contributed by atoms with van der Waals surface area (Å²) in [7, 11) is 0. The van der Waals surface area contributed by atoms with Crippen molar-refractivity contribution in [3.63, 3.8) is 0 Å². The molecule has 0 bridgehead atoms. The molecule has 0 radical (unpaired) electrons. The second kappa shape index (κ2) is 3.07. The summed E-state index contributed by atoms with van der Waals surface area (Å²) in [6, 6.07) is 0. The Balaban J connectivity index is 2.20. The molecule has 0 amide bonds. The van der Waals surface area contributed by atoms with Gasteiger partial charge in [0.05, 0.1) is 10.7 Å². The number of aromatic nitrogens is 1. The molecule has 3 heteroatoms. The van der Waals surface area contributed by atoms with Gasteiger partial charge in [0.2, 0.25) is 0 Å². The number of hydrogen-bond acceptors (Lipinski definition) is 3. The lowest BCUT2D eigenvalue weighted by atomic mass is 9.90. The average molecular weight is 196 g/mol. The SMILES string of the molecule is CC(C)(CN)c1csc(C2CC2)n1. The van der Waals surface area contributed by atoms with Crippen LogP contribution in [0.3, 0.4) is 0 Å². The van der Waals surface area contributed by atoms with Crippen molar-refractivity contribution in [2.24, 2.45) is 5.73 Å². The Morgan fingerprint density at radius 2 is 2.31 bits per heavy atom. The summed E-state index contributed by atoms with van der Waals surface area (Å²) >= 11 is 1.80. The number of nitrogens with zero attached hydrogens (tertiary/aromatic N) is 1. The second-order valence-corrected chi connectivity index (χ2v) is 5.32. The van der Waals surface area contributed by atoms with Crippen molar-refractivity contribution in [1.82, 2.24) is 4.98 Å². The molecule has 1 saturated carbocycles. The van der Waals surface area contributed by atoms with Gasteiger partial charge >= 0.3 is 0 Å². The number of hydrogen-bond donors (Lipinski definition) is 1. The highest BCUT2D eigenvalue weighted by atomic mass is 32.1. The summed E-state index contributed by atoms with van der Waals surface area (Å²) in [6.45, 7) is 4.97. The van der Waals surface area contributed by atoms with Gasteiger partial charge in [0.15, 0.2) is 0 Å². The predicted octanol–water partition coefficient (Wildman–Crippen LogP) is 2.26. The number of nitrogens with two attached hydrogens (primary N) is 1. The van der Waals surface area contributed by atoms with Crippen LogP contribution in [0.2, 0.25) is 0 Å². The zero-order valence-corrected chi connectivity index (χ0v) is 9.03. The van der Waals surface area contributed by atoms with Crippen molar-refractivity contribution in [3.8, 4) is 0 Å². The molecule has 13 heavy (non-hydrogen) atoms. The van der Waals surface area contributed by atoms with Crippen LogP contribution in [0, 0.1) is 0 Å². The Labute approximate surface area is 83.2 Å².